The minimum Gasteiger partial charge on any atom is -0.444 e. The highest BCUT2D eigenvalue weighted by Crippen LogP contribution is 2.30. The summed E-state index contributed by atoms with van der Waals surface area (Å²) >= 11 is 0. The smallest absolute Gasteiger partial charge is 0.412 e. The maximum Gasteiger partial charge on any atom is 0.412 e. The number of carbonyl (C=O) groups excluding carboxylic acids is 2. The van der Waals surface area contributed by atoms with Gasteiger partial charge in [0.25, 0.3) is 5.91 Å². The van der Waals surface area contributed by atoms with Gasteiger partial charge in [0.15, 0.2) is 0 Å². The molecule has 1 aromatic carbocycles. The first kappa shape index (κ1) is 14.3. The van der Waals surface area contributed by atoms with Gasteiger partial charge in [-0.3, -0.25) is 10.1 Å². The van der Waals surface area contributed by atoms with Crippen LogP contribution in [0, 0.1) is 5.82 Å². The molecule has 0 fully saturated rings. The molecule has 2 amide bonds. The molecule has 0 saturated heterocycles. The predicted octanol–water partition coefficient (Wildman–Crippen LogP) is 2.98. The topological polar surface area (TPSA) is 67.4 Å². The molecule has 1 unspecified atom stereocenters. The minimum absolute atomic E-state index is 0.00125. The zero-order valence-corrected chi connectivity index (χ0v) is 11.8. The molecule has 0 saturated carbocycles. The van der Waals surface area contributed by atoms with E-state index in [0.717, 1.165) is 6.07 Å². The van der Waals surface area contributed by atoms with Gasteiger partial charge in [-0.15, -0.1) is 0 Å². The predicted molar refractivity (Wildman–Crippen MR) is 72.1 cm³/mol. The number of fused-ring (bicyclic) bond motifs is 1. The van der Waals surface area contributed by atoms with Gasteiger partial charge in [-0.25, -0.2) is 9.18 Å². The van der Waals surface area contributed by atoms with Crippen molar-refractivity contribution in [2.24, 2.45) is 0 Å². The Hall–Kier alpha value is -2.11. The van der Waals surface area contributed by atoms with Crippen molar-refractivity contribution in [3.8, 4) is 0 Å². The van der Waals surface area contributed by atoms with Gasteiger partial charge >= 0.3 is 6.09 Å². The Morgan fingerprint density at radius 1 is 1.40 bits per heavy atom. The third-order valence-electron chi connectivity index (χ3n) is 2.83. The number of anilines is 1. The van der Waals surface area contributed by atoms with E-state index in [-0.39, 0.29) is 17.6 Å². The van der Waals surface area contributed by atoms with Crippen molar-refractivity contribution in [3.63, 3.8) is 0 Å². The molecule has 2 rings (SSSR count). The van der Waals surface area contributed by atoms with Crippen molar-refractivity contribution < 1.29 is 18.7 Å². The van der Waals surface area contributed by atoms with Crippen LogP contribution in [0.25, 0.3) is 0 Å². The number of halogens is 1. The molecule has 1 aromatic rings. The van der Waals surface area contributed by atoms with Crippen LogP contribution in [0.4, 0.5) is 14.9 Å². The molecule has 1 aliphatic heterocycles. The minimum atomic E-state index is -0.735. The van der Waals surface area contributed by atoms with Gasteiger partial charge in [0, 0.05) is 5.56 Å². The van der Waals surface area contributed by atoms with Crippen molar-refractivity contribution in [2.45, 2.75) is 39.3 Å². The number of amides is 2. The summed E-state index contributed by atoms with van der Waals surface area (Å²) in [6.07, 6.45) is -0.735. The number of carbonyl (C=O) groups is 2. The molecule has 1 atom stereocenters. The molecule has 108 valence electrons. The highest BCUT2D eigenvalue weighted by Gasteiger charge is 2.28. The van der Waals surface area contributed by atoms with Crippen LogP contribution in [0.1, 0.15) is 49.7 Å². The largest absolute Gasteiger partial charge is 0.444 e. The van der Waals surface area contributed by atoms with Crippen LogP contribution >= 0.6 is 0 Å². The fourth-order valence-electron chi connectivity index (χ4n) is 2.01. The quantitative estimate of drug-likeness (QED) is 0.831. The third-order valence-corrected chi connectivity index (χ3v) is 2.83. The Morgan fingerprint density at radius 3 is 2.65 bits per heavy atom. The van der Waals surface area contributed by atoms with E-state index in [2.05, 4.69) is 10.6 Å². The van der Waals surface area contributed by atoms with Crippen molar-refractivity contribution in [2.75, 3.05) is 5.32 Å². The molecule has 6 heteroatoms. The van der Waals surface area contributed by atoms with E-state index in [1.54, 1.807) is 27.7 Å². The van der Waals surface area contributed by atoms with Crippen LogP contribution in [-0.2, 0) is 4.74 Å². The molecule has 1 aliphatic rings. The summed E-state index contributed by atoms with van der Waals surface area (Å²) in [5, 5.41) is 5.04. The van der Waals surface area contributed by atoms with Crippen LogP contribution < -0.4 is 10.6 Å². The Labute approximate surface area is 116 Å². The van der Waals surface area contributed by atoms with Crippen molar-refractivity contribution in [1.82, 2.24) is 5.32 Å². The molecular weight excluding hydrogens is 263 g/mol. The lowest BCUT2D eigenvalue weighted by atomic mass is 10.0. The summed E-state index contributed by atoms with van der Waals surface area (Å²) in [6.45, 7) is 6.95. The molecule has 0 aromatic heterocycles. The molecule has 5 nitrogen and oxygen atoms in total. The second-order valence-electron chi connectivity index (χ2n) is 5.74. The summed E-state index contributed by atoms with van der Waals surface area (Å²) in [6, 6.07) is 2.37. The van der Waals surface area contributed by atoms with Gasteiger partial charge < -0.3 is 10.1 Å². The second-order valence-corrected chi connectivity index (χ2v) is 5.74. The summed E-state index contributed by atoms with van der Waals surface area (Å²) in [7, 11) is 0. The molecule has 0 radical (unpaired) electrons. The van der Waals surface area contributed by atoms with Crippen molar-refractivity contribution >= 4 is 17.7 Å². The average Bonchev–Trinajstić information content (AvgIpc) is 2.53. The lowest BCUT2D eigenvalue weighted by Gasteiger charge is -2.20. The van der Waals surface area contributed by atoms with Crippen LogP contribution in [0.5, 0.6) is 0 Å². The third kappa shape index (κ3) is 2.89. The molecule has 0 spiro atoms. The fraction of sp³-hybridized carbons (Fsp3) is 0.429. The Morgan fingerprint density at radius 2 is 2.05 bits per heavy atom. The van der Waals surface area contributed by atoms with E-state index < -0.39 is 17.5 Å². The lowest BCUT2D eigenvalue weighted by molar-refractivity contribution is 0.0635. The van der Waals surface area contributed by atoms with E-state index in [1.165, 1.54) is 6.07 Å². The summed E-state index contributed by atoms with van der Waals surface area (Å²) < 4.78 is 19.0. The van der Waals surface area contributed by atoms with E-state index in [1.807, 2.05) is 0 Å². The van der Waals surface area contributed by atoms with Crippen LogP contribution in [0.2, 0.25) is 0 Å². The van der Waals surface area contributed by atoms with Gasteiger partial charge in [-0.05, 0) is 45.4 Å². The van der Waals surface area contributed by atoms with Gasteiger partial charge in [0.05, 0.1) is 11.7 Å². The highest BCUT2D eigenvalue weighted by molar-refractivity contribution is 6.00. The monoisotopic (exact) mass is 280 g/mol. The number of ether oxygens (including phenoxy) is 1. The lowest BCUT2D eigenvalue weighted by Crippen LogP contribution is -2.27. The molecule has 0 bridgehead atoms. The van der Waals surface area contributed by atoms with Crippen LogP contribution in [-0.4, -0.2) is 17.6 Å². The first-order valence-electron chi connectivity index (χ1n) is 6.31. The highest BCUT2D eigenvalue weighted by atomic mass is 19.1. The van der Waals surface area contributed by atoms with Gasteiger partial charge in [0.2, 0.25) is 0 Å². The maximum atomic E-state index is 13.9. The van der Waals surface area contributed by atoms with E-state index in [9.17, 15) is 14.0 Å². The van der Waals surface area contributed by atoms with Crippen molar-refractivity contribution in [1.29, 1.82) is 0 Å². The summed E-state index contributed by atoms with van der Waals surface area (Å²) in [5.74, 6) is -0.978. The number of nitrogens with one attached hydrogen (secondary N) is 2. The number of hydrogen-bond donors (Lipinski definition) is 2. The Kier molecular flexibility index (Phi) is 3.41. The molecular formula is C14H17FN2O3. The van der Waals surface area contributed by atoms with Crippen molar-refractivity contribution in [3.05, 3.63) is 29.1 Å². The zero-order chi connectivity index (χ0) is 15.1. The molecule has 1 heterocycles. The number of benzene rings is 1. The standard InChI is InChI=1S/C14H17FN2O3/c1-7-8-6-11(17-13(19)20-14(2,3)4)10(15)5-9(8)12(18)16-7/h5-7H,1-4H3,(H,16,18)(H,17,19). The Balaban J connectivity index is 2.24. The number of rotatable bonds is 1. The summed E-state index contributed by atoms with van der Waals surface area (Å²) in [4.78, 5) is 23.2. The zero-order valence-electron chi connectivity index (χ0n) is 11.8. The van der Waals surface area contributed by atoms with Crippen LogP contribution in [0.15, 0.2) is 12.1 Å². The molecule has 2 N–H and O–H groups in total. The van der Waals surface area contributed by atoms with E-state index in [0.29, 0.717) is 11.1 Å². The van der Waals surface area contributed by atoms with E-state index >= 15 is 0 Å². The van der Waals surface area contributed by atoms with E-state index in [4.69, 9.17) is 4.74 Å². The first-order valence-corrected chi connectivity index (χ1v) is 6.31. The van der Waals surface area contributed by atoms with Gasteiger partial charge in [-0.1, -0.05) is 0 Å². The maximum absolute atomic E-state index is 13.9. The normalized spacial score (nSPS) is 17.4. The first-order chi connectivity index (χ1) is 9.17. The van der Waals surface area contributed by atoms with Crippen LogP contribution in [0.3, 0.4) is 0 Å². The van der Waals surface area contributed by atoms with Gasteiger partial charge in [-0.2, -0.15) is 0 Å². The molecule has 20 heavy (non-hydrogen) atoms. The second kappa shape index (κ2) is 4.77. The molecule has 0 aliphatic carbocycles. The average molecular weight is 280 g/mol. The summed E-state index contributed by atoms with van der Waals surface area (Å²) in [5.41, 5.74) is 0.288. The number of hydrogen-bond acceptors (Lipinski definition) is 3. The fourth-order valence-corrected chi connectivity index (χ4v) is 2.01. The van der Waals surface area contributed by atoms with Gasteiger partial charge in [0.1, 0.15) is 11.4 Å². The SMILES string of the molecule is CC1NC(=O)c2cc(F)c(NC(=O)OC(C)(C)C)cc21. The Bertz CT molecular complexity index is 579.